The molecule has 0 saturated heterocycles. The van der Waals surface area contributed by atoms with Crippen LogP contribution in [0.4, 0.5) is 5.69 Å². The highest BCUT2D eigenvalue weighted by Gasteiger charge is 2.15. The molecule has 2 amide bonds. The summed E-state index contributed by atoms with van der Waals surface area (Å²) in [4.78, 5) is 39.1. The van der Waals surface area contributed by atoms with Crippen molar-refractivity contribution in [2.45, 2.75) is 25.5 Å². The quantitative estimate of drug-likeness (QED) is 0.340. The number of nitrogens with one attached hydrogen (secondary N) is 2. The summed E-state index contributed by atoms with van der Waals surface area (Å²) in [6.45, 7) is 4.99. The van der Waals surface area contributed by atoms with Gasteiger partial charge in [-0.3, -0.25) is 30.6 Å². The van der Waals surface area contributed by atoms with E-state index in [4.69, 9.17) is 0 Å². The van der Waals surface area contributed by atoms with Gasteiger partial charge in [-0.2, -0.15) is 0 Å². The monoisotopic (exact) mass is 427 g/mol. The van der Waals surface area contributed by atoms with Gasteiger partial charge in [-0.05, 0) is 24.1 Å². The first kappa shape index (κ1) is 21.3. The lowest BCUT2D eigenvalue weighted by atomic mass is 10.2. The van der Waals surface area contributed by atoms with Crippen LogP contribution in [0.2, 0.25) is 0 Å². The third-order valence-electron chi connectivity index (χ3n) is 4.13. The van der Waals surface area contributed by atoms with E-state index in [1.165, 1.54) is 30.0 Å². The van der Waals surface area contributed by atoms with Gasteiger partial charge >= 0.3 is 0 Å². The number of fused-ring (bicyclic) bond motifs is 1. The van der Waals surface area contributed by atoms with Gasteiger partial charge < -0.3 is 4.57 Å². The van der Waals surface area contributed by atoms with Crippen molar-refractivity contribution in [3.63, 3.8) is 0 Å². The lowest BCUT2D eigenvalue weighted by Crippen LogP contribution is -2.42. The maximum absolute atomic E-state index is 12.2. The molecule has 3 rings (SSSR count). The Balaban J connectivity index is 1.60. The molecule has 0 saturated carbocycles. The maximum atomic E-state index is 12.2. The van der Waals surface area contributed by atoms with E-state index in [9.17, 15) is 19.7 Å². The minimum atomic E-state index is -0.635. The van der Waals surface area contributed by atoms with Crippen LogP contribution in [-0.4, -0.2) is 32.0 Å². The Bertz CT molecular complexity index is 1100. The number of amides is 2. The minimum Gasteiger partial charge on any atom is -0.319 e. The van der Waals surface area contributed by atoms with Crippen molar-refractivity contribution >= 4 is 40.3 Å². The summed E-state index contributed by atoms with van der Waals surface area (Å²) in [5.41, 5.74) is 6.35. The number of aromatic nitrogens is 2. The molecule has 156 valence electrons. The summed E-state index contributed by atoms with van der Waals surface area (Å²) < 4.78 is 2.08. The molecule has 0 aliphatic heterocycles. The molecule has 2 aromatic carbocycles. The number of carbonyl (C=O) groups is 2. The van der Waals surface area contributed by atoms with Crippen LogP contribution in [0.1, 0.15) is 24.2 Å². The average Bonchev–Trinajstić information content (AvgIpc) is 3.07. The minimum absolute atomic E-state index is 0.0522. The molecule has 0 unspecified atom stereocenters. The second-order valence-electron chi connectivity index (χ2n) is 6.99. The summed E-state index contributed by atoms with van der Waals surface area (Å²) in [5.74, 6) is -0.590. The fourth-order valence-corrected chi connectivity index (χ4v) is 3.65. The molecule has 0 aliphatic carbocycles. The Morgan fingerprint density at radius 2 is 1.93 bits per heavy atom. The number of rotatable bonds is 7. The number of carbonyl (C=O) groups excluding carboxylic acids is 2. The Morgan fingerprint density at radius 1 is 1.17 bits per heavy atom. The van der Waals surface area contributed by atoms with E-state index >= 15 is 0 Å². The highest BCUT2D eigenvalue weighted by atomic mass is 32.2. The second-order valence-corrected chi connectivity index (χ2v) is 7.93. The Labute approximate surface area is 177 Å². The number of hydrogen-bond acceptors (Lipinski definition) is 6. The molecule has 0 atom stereocenters. The smallest absolute Gasteiger partial charge is 0.270 e. The lowest BCUT2D eigenvalue weighted by molar-refractivity contribution is -0.384. The van der Waals surface area contributed by atoms with Crippen molar-refractivity contribution in [1.29, 1.82) is 0 Å². The molecule has 30 heavy (non-hydrogen) atoms. The third-order valence-corrected chi connectivity index (χ3v) is 5.11. The van der Waals surface area contributed by atoms with Crippen molar-refractivity contribution in [2.75, 3.05) is 5.75 Å². The molecular weight excluding hydrogens is 406 g/mol. The van der Waals surface area contributed by atoms with E-state index in [1.807, 2.05) is 24.3 Å². The van der Waals surface area contributed by atoms with Crippen LogP contribution in [-0.2, 0) is 11.3 Å². The standard InChI is InChI=1S/C20H21N5O4S/c1-13(2)11-24-17-9-4-3-8-16(17)21-20(24)30-12-18(26)22-23-19(27)14-6-5-7-15(10-14)25(28)29/h3-10,13H,11-12H2,1-2H3,(H,22,26)(H,23,27). The van der Waals surface area contributed by atoms with E-state index < -0.39 is 16.7 Å². The van der Waals surface area contributed by atoms with Gasteiger partial charge in [-0.25, -0.2) is 4.98 Å². The second kappa shape index (κ2) is 9.40. The van der Waals surface area contributed by atoms with Crippen LogP contribution in [0.15, 0.2) is 53.7 Å². The number of benzene rings is 2. The van der Waals surface area contributed by atoms with Gasteiger partial charge in [0.1, 0.15) is 0 Å². The zero-order valence-corrected chi connectivity index (χ0v) is 17.3. The Kier molecular flexibility index (Phi) is 6.68. The number of nitrogens with zero attached hydrogens (tertiary/aromatic N) is 3. The van der Waals surface area contributed by atoms with E-state index in [-0.39, 0.29) is 17.0 Å². The topological polar surface area (TPSA) is 119 Å². The normalized spacial score (nSPS) is 10.9. The predicted octanol–water partition coefficient (Wildman–Crippen LogP) is 3.15. The Morgan fingerprint density at radius 3 is 2.67 bits per heavy atom. The van der Waals surface area contributed by atoms with Gasteiger partial charge in [-0.1, -0.05) is 43.8 Å². The van der Waals surface area contributed by atoms with Gasteiger partial charge in [0.05, 0.1) is 21.7 Å². The number of imidazole rings is 1. The first-order valence-corrected chi connectivity index (χ1v) is 10.3. The van der Waals surface area contributed by atoms with Crippen LogP contribution in [0.5, 0.6) is 0 Å². The van der Waals surface area contributed by atoms with E-state index in [0.717, 1.165) is 28.8 Å². The number of nitro groups is 1. The third kappa shape index (κ3) is 5.15. The summed E-state index contributed by atoms with van der Waals surface area (Å²) in [6, 6.07) is 13.1. The van der Waals surface area contributed by atoms with Crippen LogP contribution in [0.3, 0.4) is 0 Å². The molecule has 9 nitrogen and oxygen atoms in total. The van der Waals surface area contributed by atoms with Crippen LogP contribution >= 0.6 is 11.8 Å². The summed E-state index contributed by atoms with van der Waals surface area (Å²) in [7, 11) is 0. The fraction of sp³-hybridized carbons (Fsp3) is 0.250. The molecule has 0 bridgehead atoms. The molecular formula is C20H21N5O4S. The zero-order chi connectivity index (χ0) is 21.7. The lowest BCUT2D eigenvalue weighted by Gasteiger charge is -2.11. The van der Waals surface area contributed by atoms with E-state index in [1.54, 1.807) is 0 Å². The van der Waals surface area contributed by atoms with Gasteiger partial charge in [0.25, 0.3) is 11.6 Å². The van der Waals surface area contributed by atoms with Gasteiger partial charge in [0.15, 0.2) is 5.16 Å². The molecule has 3 aromatic rings. The number of non-ortho nitro benzene ring substituents is 1. The molecule has 10 heteroatoms. The summed E-state index contributed by atoms with van der Waals surface area (Å²) >= 11 is 1.28. The summed E-state index contributed by atoms with van der Waals surface area (Å²) in [6.07, 6.45) is 0. The maximum Gasteiger partial charge on any atom is 0.270 e. The average molecular weight is 427 g/mol. The first-order valence-electron chi connectivity index (χ1n) is 9.27. The molecule has 1 aromatic heterocycles. The first-order chi connectivity index (χ1) is 14.3. The van der Waals surface area contributed by atoms with Gasteiger partial charge in [-0.15, -0.1) is 0 Å². The number of para-hydroxylation sites is 2. The van der Waals surface area contributed by atoms with Gasteiger partial charge in [0, 0.05) is 24.2 Å². The van der Waals surface area contributed by atoms with Gasteiger partial charge in [0.2, 0.25) is 5.91 Å². The van der Waals surface area contributed by atoms with Crippen molar-refractivity contribution in [2.24, 2.45) is 5.92 Å². The van der Waals surface area contributed by atoms with Crippen LogP contribution in [0, 0.1) is 16.0 Å². The molecule has 0 fully saturated rings. The fourth-order valence-electron chi connectivity index (χ4n) is 2.83. The van der Waals surface area contributed by atoms with Crippen LogP contribution in [0.25, 0.3) is 11.0 Å². The highest BCUT2D eigenvalue weighted by molar-refractivity contribution is 7.99. The van der Waals surface area contributed by atoms with E-state index in [2.05, 4.69) is 34.3 Å². The number of hydrazine groups is 1. The number of thioether (sulfide) groups is 1. The predicted molar refractivity (Wildman–Crippen MR) is 114 cm³/mol. The highest BCUT2D eigenvalue weighted by Crippen LogP contribution is 2.25. The molecule has 0 spiro atoms. The SMILES string of the molecule is CC(C)Cn1c(SCC(=O)NNC(=O)c2cccc([N+](=O)[O-])c2)nc2ccccc21. The van der Waals surface area contributed by atoms with Crippen molar-refractivity contribution < 1.29 is 14.5 Å². The van der Waals surface area contributed by atoms with Crippen molar-refractivity contribution in [3.8, 4) is 0 Å². The van der Waals surface area contributed by atoms with Crippen molar-refractivity contribution in [1.82, 2.24) is 20.4 Å². The molecule has 0 radical (unpaired) electrons. The number of hydrogen-bond donors (Lipinski definition) is 2. The largest absolute Gasteiger partial charge is 0.319 e. The van der Waals surface area contributed by atoms with E-state index in [0.29, 0.717) is 5.92 Å². The Hall–Kier alpha value is -3.40. The molecule has 0 aliphatic rings. The summed E-state index contributed by atoms with van der Waals surface area (Å²) in [5, 5.41) is 11.5. The van der Waals surface area contributed by atoms with Crippen LogP contribution < -0.4 is 10.9 Å². The van der Waals surface area contributed by atoms with Crippen molar-refractivity contribution in [3.05, 3.63) is 64.2 Å². The zero-order valence-electron chi connectivity index (χ0n) is 16.5. The number of nitro benzene ring substituents is 1. The molecule has 2 N–H and O–H groups in total. The molecule has 1 heterocycles.